The first-order chi connectivity index (χ1) is 7.72. The van der Waals surface area contributed by atoms with Gasteiger partial charge in [0.15, 0.2) is 0 Å². The molecule has 0 unspecified atom stereocenters. The van der Waals surface area contributed by atoms with Crippen molar-refractivity contribution in [2.24, 2.45) is 4.99 Å². The summed E-state index contributed by atoms with van der Waals surface area (Å²) in [4.78, 5) is 3.84. The highest BCUT2D eigenvalue weighted by Crippen LogP contribution is 2.28. The fourth-order valence-electron chi connectivity index (χ4n) is 1.69. The molecule has 0 saturated heterocycles. The van der Waals surface area contributed by atoms with Crippen molar-refractivity contribution in [1.82, 2.24) is 0 Å². The lowest BCUT2D eigenvalue weighted by atomic mass is 10.1. The van der Waals surface area contributed by atoms with E-state index in [0.29, 0.717) is 0 Å². The largest absolute Gasteiger partial charge is 0.496 e. The Balaban J connectivity index is 2.90. The van der Waals surface area contributed by atoms with Gasteiger partial charge in [0.1, 0.15) is 11.5 Å². The number of methoxy groups -OCH3 is 2. The second-order valence-corrected chi connectivity index (χ2v) is 3.68. The SMILES string of the molecule is C=NCCCc1cc(OC)c(C)cc1OC. The zero-order chi connectivity index (χ0) is 12.0. The van der Waals surface area contributed by atoms with E-state index in [-0.39, 0.29) is 0 Å². The minimum atomic E-state index is 0.777. The third-order valence-corrected chi connectivity index (χ3v) is 2.56. The summed E-state index contributed by atoms with van der Waals surface area (Å²) in [5.41, 5.74) is 2.25. The third kappa shape index (κ3) is 2.99. The first-order valence-electron chi connectivity index (χ1n) is 5.37. The van der Waals surface area contributed by atoms with E-state index in [2.05, 4.69) is 11.7 Å². The van der Waals surface area contributed by atoms with Gasteiger partial charge in [-0.15, -0.1) is 0 Å². The monoisotopic (exact) mass is 221 g/mol. The van der Waals surface area contributed by atoms with Crippen LogP contribution in [0.2, 0.25) is 0 Å². The zero-order valence-electron chi connectivity index (χ0n) is 10.2. The van der Waals surface area contributed by atoms with Gasteiger partial charge in [-0.05, 0) is 49.7 Å². The molecule has 1 rings (SSSR count). The molecule has 0 radical (unpaired) electrons. The lowest BCUT2D eigenvalue weighted by Crippen LogP contribution is -1.97. The van der Waals surface area contributed by atoms with E-state index in [9.17, 15) is 0 Å². The summed E-state index contributed by atoms with van der Waals surface area (Å²) in [7, 11) is 3.38. The Hall–Kier alpha value is -1.51. The smallest absolute Gasteiger partial charge is 0.122 e. The summed E-state index contributed by atoms with van der Waals surface area (Å²) in [6, 6.07) is 4.05. The summed E-state index contributed by atoms with van der Waals surface area (Å²) in [6.07, 6.45) is 1.91. The molecule has 0 atom stereocenters. The molecule has 0 aliphatic carbocycles. The fourth-order valence-corrected chi connectivity index (χ4v) is 1.69. The molecule has 1 aromatic carbocycles. The van der Waals surface area contributed by atoms with Gasteiger partial charge in [-0.3, -0.25) is 0 Å². The average molecular weight is 221 g/mol. The van der Waals surface area contributed by atoms with Gasteiger partial charge in [0.25, 0.3) is 0 Å². The first-order valence-corrected chi connectivity index (χ1v) is 5.37. The number of aryl methyl sites for hydroxylation is 2. The van der Waals surface area contributed by atoms with Gasteiger partial charge in [0.05, 0.1) is 14.2 Å². The highest BCUT2D eigenvalue weighted by Gasteiger charge is 2.07. The summed E-state index contributed by atoms with van der Waals surface area (Å²) in [6.45, 7) is 6.26. The van der Waals surface area contributed by atoms with E-state index in [1.807, 2.05) is 19.1 Å². The third-order valence-electron chi connectivity index (χ3n) is 2.56. The van der Waals surface area contributed by atoms with Crippen LogP contribution in [0.15, 0.2) is 17.1 Å². The van der Waals surface area contributed by atoms with Crippen LogP contribution < -0.4 is 9.47 Å². The summed E-state index contributed by atoms with van der Waals surface area (Å²) in [5.74, 6) is 1.82. The Morgan fingerprint density at radius 3 is 2.44 bits per heavy atom. The molecule has 0 aliphatic rings. The molecule has 88 valence electrons. The van der Waals surface area contributed by atoms with E-state index in [1.165, 1.54) is 0 Å². The lowest BCUT2D eigenvalue weighted by Gasteiger charge is -2.12. The summed E-state index contributed by atoms with van der Waals surface area (Å²) >= 11 is 0. The number of ether oxygens (including phenoxy) is 2. The van der Waals surface area contributed by atoms with Gasteiger partial charge in [-0.25, -0.2) is 0 Å². The second-order valence-electron chi connectivity index (χ2n) is 3.68. The van der Waals surface area contributed by atoms with Crippen LogP contribution in [0.25, 0.3) is 0 Å². The number of hydrogen-bond acceptors (Lipinski definition) is 3. The van der Waals surface area contributed by atoms with Gasteiger partial charge in [-0.2, -0.15) is 0 Å². The molecule has 0 fully saturated rings. The van der Waals surface area contributed by atoms with Crippen LogP contribution in [0, 0.1) is 6.92 Å². The van der Waals surface area contributed by atoms with Gasteiger partial charge in [0.2, 0.25) is 0 Å². The Morgan fingerprint density at radius 1 is 1.19 bits per heavy atom. The highest BCUT2D eigenvalue weighted by atomic mass is 16.5. The molecule has 0 aliphatic heterocycles. The van der Waals surface area contributed by atoms with Crippen molar-refractivity contribution in [1.29, 1.82) is 0 Å². The second kappa shape index (κ2) is 6.16. The van der Waals surface area contributed by atoms with Crippen molar-refractivity contribution in [2.75, 3.05) is 20.8 Å². The van der Waals surface area contributed by atoms with E-state index in [4.69, 9.17) is 9.47 Å². The summed E-state index contributed by atoms with van der Waals surface area (Å²) < 4.78 is 10.7. The number of nitrogens with zero attached hydrogens (tertiary/aromatic N) is 1. The standard InChI is InChI=1S/C13H19NO2/c1-10-8-13(16-4)11(6-5-7-14-2)9-12(10)15-3/h8-9H,2,5-7H2,1,3-4H3. The average Bonchev–Trinajstić information content (AvgIpc) is 2.30. The van der Waals surface area contributed by atoms with Crippen molar-refractivity contribution in [3.63, 3.8) is 0 Å². The molecule has 0 heterocycles. The molecule has 3 nitrogen and oxygen atoms in total. The molecule has 0 spiro atoms. The van der Waals surface area contributed by atoms with Crippen LogP contribution in [0.5, 0.6) is 11.5 Å². The van der Waals surface area contributed by atoms with Crippen LogP contribution in [-0.2, 0) is 6.42 Å². The summed E-state index contributed by atoms with van der Waals surface area (Å²) in [5, 5.41) is 0. The van der Waals surface area contributed by atoms with Crippen molar-refractivity contribution < 1.29 is 9.47 Å². The molecule has 0 N–H and O–H groups in total. The number of rotatable bonds is 6. The maximum absolute atomic E-state index is 5.35. The number of aliphatic imine (C=N–C) groups is 1. The van der Waals surface area contributed by atoms with Crippen molar-refractivity contribution in [3.05, 3.63) is 23.3 Å². The van der Waals surface area contributed by atoms with Crippen LogP contribution in [0.1, 0.15) is 17.5 Å². The fraction of sp³-hybridized carbons (Fsp3) is 0.462. The van der Waals surface area contributed by atoms with E-state index < -0.39 is 0 Å². The quantitative estimate of drug-likeness (QED) is 0.546. The van der Waals surface area contributed by atoms with Crippen molar-refractivity contribution in [2.45, 2.75) is 19.8 Å². The number of benzene rings is 1. The van der Waals surface area contributed by atoms with Crippen molar-refractivity contribution in [3.8, 4) is 11.5 Å². The Bertz CT molecular complexity index is 361. The van der Waals surface area contributed by atoms with Gasteiger partial charge >= 0.3 is 0 Å². The lowest BCUT2D eigenvalue weighted by molar-refractivity contribution is 0.396. The van der Waals surface area contributed by atoms with Crippen LogP contribution in [-0.4, -0.2) is 27.5 Å². The molecule has 3 heteroatoms. The molecule has 0 bridgehead atoms. The number of hydrogen-bond donors (Lipinski definition) is 0. The molecule has 0 amide bonds. The molecular formula is C13H19NO2. The van der Waals surface area contributed by atoms with Crippen molar-refractivity contribution >= 4 is 6.72 Å². The van der Waals surface area contributed by atoms with Crippen LogP contribution in [0.4, 0.5) is 0 Å². The van der Waals surface area contributed by atoms with Crippen LogP contribution >= 0.6 is 0 Å². The van der Waals surface area contributed by atoms with Gasteiger partial charge in [0, 0.05) is 6.54 Å². The molecule has 16 heavy (non-hydrogen) atoms. The zero-order valence-corrected chi connectivity index (χ0v) is 10.2. The van der Waals surface area contributed by atoms with E-state index in [0.717, 1.165) is 42.0 Å². The predicted octanol–water partition coefficient (Wildman–Crippen LogP) is 2.65. The minimum absolute atomic E-state index is 0.777. The van der Waals surface area contributed by atoms with Gasteiger partial charge in [-0.1, -0.05) is 0 Å². The normalized spacial score (nSPS) is 9.94. The van der Waals surface area contributed by atoms with Crippen LogP contribution in [0.3, 0.4) is 0 Å². The highest BCUT2D eigenvalue weighted by molar-refractivity contribution is 5.46. The molecule has 0 aromatic heterocycles. The topological polar surface area (TPSA) is 30.8 Å². The Kier molecular flexibility index (Phi) is 4.83. The van der Waals surface area contributed by atoms with E-state index >= 15 is 0 Å². The first kappa shape index (κ1) is 12.6. The maximum atomic E-state index is 5.35. The van der Waals surface area contributed by atoms with Gasteiger partial charge < -0.3 is 14.5 Å². The Labute approximate surface area is 97.1 Å². The minimum Gasteiger partial charge on any atom is -0.496 e. The predicted molar refractivity (Wildman–Crippen MR) is 67.0 cm³/mol. The Morgan fingerprint density at radius 2 is 1.88 bits per heavy atom. The molecule has 0 saturated carbocycles. The van der Waals surface area contributed by atoms with E-state index in [1.54, 1.807) is 14.2 Å². The molecule has 1 aromatic rings. The molecular weight excluding hydrogens is 202 g/mol. The maximum Gasteiger partial charge on any atom is 0.122 e.